The molecule has 0 bridgehead atoms. The molecule has 0 saturated heterocycles. The Labute approximate surface area is 161 Å². The van der Waals surface area contributed by atoms with Gasteiger partial charge in [0.1, 0.15) is 0 Å². The third kappa shape index (κ3) is 4.06. The van der Waals surface area contributed by atoms with Crippen LogP contribution in [0.1, 0.15) is 29.8 Å². The highest BCUT2D eigenvalue weighted by atomic mass is 16.7. The molecule has 0 unspecified atom stereocenters. The van der Waals surface area contributed by atoms with Crippen LogP contribution in [0.2, 0.25) is 0 Å². The Balaban J connectivity index is 1.54. The van der Waals surface area contributed by atoms with Gasteiger partial charge in [-0.05, 0) is 49.7 Å². The molecule has 2 aromatic rings. The van der Waals surface area contributed by atoms with Crippen LogP contribution in [0.3, 0.4) is 0 Å². The van der Waals surface area contributed by atoms with Crippen molar-refractivity contribution >= 4 is 23.5 Å². The summed E-state index contributed by atoms with van der Waals surface area (Å²) in [5, 5.41) is 14.4. The van der Waals surface area contributed by atoms with Crippen molar-refractivity contribution in [3.63, 3.8) is 0 Å². The quantitative estimate of drug-likeness (QED) is 0.703. The Kier molecular flexibility index (Phi) is 5.21. The fourth-order valence-electron chi connectivity index (χ4n) is 2.60. The molecule has 0 fully saturated rings. The van der Waals surface area contributed by atoms with Crippen molar-refractivity contribution in [2.45, 2.75) is 19.3 Å². The molecule has 2 amide bonds. The van der Waals surface area contributed by atoms with E-state index in [-0.39, 0.29) is 13.3 Å². The summed E-state index contributed by atoms with van der Waals surface area (Å²) in [7, 11) is 0. The number of carbonyl (C=O) groups is 3. The van der Waals surface area contributed by atoms with E-state index in [9.17, 15) is 19.5 Å². The summed E-state index contributed by atoms with van der Waals surface area (Å²) in [6.07, 6.45) is 0. The third-order valence-electron chi connectivity index (χ3n) is 4.47. The smallest absolute Gasteiger partial charge is 0.313 e. The molecular weight excluding hydrogens is 364 g/mol. The molecule has 0 spiro atoms. The van der Waals surface area contributed by atoms with Crippen LogP contribution in [0.25, 0.3) is 0 Å². The number of benzene rings is 2. The van der Waals surface area contributed by atoms with E-state index in [4.69, 9.17) is 9.47 Å². The summed E-state index contributed by atoms with van der Waals surface area (Å²) in [4.78, 5) is 35.5. The molecule has 28 heavy (non-hydrogen) atoms. The number of nitrogens with one attached hydrogen (secondary N) is 2. The van der Waals surface area contributed by atoms with Crippen molar-refractivity contribution in [3.05, 3.63) is 53.6 Å². The van der Waals surface area contributed by atoms with E-state index in [1.165, 1.54) is 0 Å². The van der Waals surface area contributed by atoms with E-state index in [1.54, 1.807) is 56.3 Å². The first-order valence-electron chi connectivity index (χ1n) is 8.59. The number of rotatable bonds is 6. The van der Waals surface area contributed by atoms with Crippen LogP contribution < -0.4 is 20.1 Å². The number of carboxylic acid groups (broad SMARTS) is 1. The molecule has 0 saturated carbocycles. The van der Waals surface area contributed by atoms with Crippen molar-refractivity contribution in [3.8, 4) is 11.5 Å². The van der Waals surface area contributed by atoms with Gasteiger partial charge in [0.05, 0.1) is 12.0 Å². The van der Waals surface area contributed by atoms with E-state index < -0.39 is 23.2 Å². The lowest BCUT2D eigenvalue weighted by atomic mass is 9.85. The summed E-state index contributed by atoms with van der Waals surface area (Å²) >= 11 is 0. The summed E-state index contributed by atoms with van der Waals surface area (Å²) < 4.78 is 10.4. The van der Waals surface area contributed by atoms with Gasteiger partial charge in [-0.15, -0.1) is 0 Å². The first-order valence-corrected chi connectivity index (χ1v) is 8.59. The van der Waals surface area contributed by atoms with E-state index >= 15 is 0 Å². The molecule has 1 heterocycles. The van der Waals surface area contributed by atoms with Crippen LogP contribution in [-0.2, 0) is 15.0 Å². The zero-order valence-corrected chi connectivity index (χ0v) is 15.4. The molecule has 3 N–H and O–H groups in total. The SMILES string of the molecule is CC(C)(C(=O)O)c1ccc(NC(=O)CNC(=O)c2ccc3c(c2)OCO3)cc1. The summed E-state index contributed by atoms with van der Waals surface area (Å²) in [5.41, 5.74) is 0.458. The minimum absolute atomic E-state index is 0.116. The number of ether oxygens (including phenoxy) is 2. The Bertz CT molecular complexity index is 921. The molecular formula is C20H20N2O6. The largest absolute Gasteiger partial charge is 0.481 e. The fourth-order valence-corrected chi connectivity index (χ4v) is 2.60. The minimum Gasteiger partial charge on any atom is -0.481 e. The Morgan fingerprint density at radius 2 is 1.71 bits per heavy atom. The second kappa shape index (κ2) is 7.59. The highest BCUT2D eigenvalue weighted by molar-refractivity contribution is 5.99. The number of anilines is 1. The van der Waals surface area contributed by atoms with Crippen LogP contribution in [0, 0.1) is 0 Å². The predicted octanol–water partition coefficient (Wildman–Crippen LogP) is 2.15. The summed E-state index contributed by atoms with van der Waals surface area (Å²) in [6, 6.07) is 11.3. The standard InChI is InChI=1S/C20H20N2O6/c1-20(2,19(25)26)13-4-6-14(7-5-13)22-17(23)10-21-18(24)12-3-8-15-16(9-12)28-11-27-15/h3-9H,10-11H2,1-2H3,(H,21,24)(H,22,23)(H,25,26). The van der Waals surface area contributed by atoms with Crippen molar-refractivity contribution < 1.29 is 29.0 Å². The maximum atomic E-state index is 12.2. The molecule has 0 radical (unpaired) electrons. The highest BCUT2D eigenvalue weighted by Gasteiger charge is 2.29. The number of hydrogen-bond acceptors (Lipinski definition) is 5. The highest BCUT2D eigenvalue weighted by Crippen LogP contribution is 2.32. The zero-order valence-electron chi connectivity index (χ0n) is 15.4. The number of hydrogen-bond donors (Lipinski definition) is 3. The van der Waals surface area contributed by atoms with Gasteiger partial charge in [-0.3, -0.25) is 14.4 Å². The van der Waals surface area contributed by atoms with Gasteiger partial charge in [-0.2, -0.15) is 0 Å². The van der Waals surface area contributed by atoms with Gasteiger partial charge in [0.25, 0.3) is 5.91 Å². The number of carboxylic acids is 1. The third-order valence-corrected chi connectivity index (χ3v) is 4.47. The average Bonchev–Trinajstić information content (AvgIpc) is 3.14. The van der Waals surface area contributed by atoms with Crippen molar-refractivity contribution in [2.75, 3.05) is 18.7 Å². The second-order valence-electron chi connectivity index (χ2n) is 6.81. The van der Waals surface area contributed by atoms with Gasteiger partial charge < -0.3 is 25.2 Å². The number of amides is 2. The topological polar surface area (TPSA) is 114 Å². The number of carbonyl (C=O) groups excluding carboxylic acids is 2. The minimum atomic E-state index is -1.03. The summed E-state index contributed by atoms with van der Waals surface area (Å²) in [6.45, 7) is 3.12. The van der Waals surface area contributed by atoms with Crippen LogP contribution >= 0.6 is 0 Å². The maximum Gasteiger partial charge on any atom is 0.313 e. The Morgan fingerprint density at radius 3 is 2.39 bits per heavy atom. The van der Waals surface area contributed by atoms with Crippen molar-refractivity contribution in [2.24, 2.45) is 0 Å². The van der Waals surface area contributed by atoms with Crippen LogP contribution in [-0.4, -0.2) is 36.2 Å². The monoisotopic (exact) mass is 384 g/mol. The van der Waals surface area contributed by atoms with Gasteiger partial charge in [-0.1, -0.05) is 12.1 Å². The summed E-state index contributed by atoms with van der Waals surface area (Å²) in [5.74, 6) is -0.688. The molecule has 146 valence electrons. The lowest BCUT2D eigenvalue weighted by Gasteiger charge is -2.19. The van der Waals surface area contributed by atoms with Gasteiger partial charge >= 0.3 is 5.97 Å². The molecule has 0 aromatic heterocycles. The Hall–Kier alpha value is -3.55. The first kappa shape index (κ1) is 19.2. The Morgan fingerprint density at radius 1 is 1.04 bits per heavy atom. The van der Waals surface area contributed by atoms with Crippen molar-refractivity contribution in [1.82, 2.24) is 5.32 Å². The first-order chi connectivity index (χ1) is 13.3. The lowest BCUT2D eigenvalue weighted by molar-refractivity contribution is -0.142. The molecule has 8 heteroatoms. The van der Waals surface area contributed by atoms with E-state index in [0.717, 1.165) is 0 Å². The van der Waals surface area contributed by atoms with E-state index in [0.29, 0.717) is 28.3 Å². The number of fused-ring (bicyclic) bond motifs is 1. The van der Waals surface area contributed by atoms with E-state index in [2.05, 4.69) is 10.6 Å². The molecule has 2 aromatic carbocycles. The molecule has 1 aliphatic heterocycles. The van der Waals surface area contributed by atoms with Crippen LogP contribution in [0.5, 0.6) is 11.5 Å². The van der Waals surface area contributed by atoms with Crippen molar-refractivity contribution in [1.29, 1.82) is 0 Å². The maximum absolute atomic E-state index is 12.2. The van der Waals surface area contributed by atoms with Gasteiger partial charge in [-0.25, -0.2) is 0 Å². The fraction of sp³-hybridized carbons (Fsp3) is 0.250. The van der Waals surface area contributed by atoms with Crippen LogP contribution in [0.4, 0.5) is 5.69 Å². The molecule has 1 aliphatic rings. The zero-order chi connectivity index (χ0) is 20.3. The van der Waals surface area contributed by atoms with Gasteiger partial charge in [0.15, 0.2) is 11.5 Å². The second-order valence-corrected chi connectivity index (χ2v) is 6.81. The lowest BCUT2D eigenvalue weighted by Crippen LogP contribution is -2.33. The predicted molar refractivity (Wildman–Crippen MR) is 101 cm³/mol. The van der Waals surface area contributed by atoms with Crippen LogP contribution in [0.15, 0.2) is 42.5 Å². The average molecular weight is 384 g/mol. The van der Waals surface area contributed by atoms with Gasteiger partial charge in [0, 0.05) is 11.3 Å². The van der Waals surface area contributed by atoms with E-state index in [1.807, 2.05) is 0 Å². The molecule has 0 aliphatic carbocycles. The normalized spacial score (nSPS) is 12.4. The van der Waals surface area contributed by atoms with Gasteiger partial charge in [0.2, 0.25) is 12.7 Å². The molecule has 0 atom stereocenters. The number of aliphatic carboxylic acids is 1. The molecule has 8 nitrogen and oxygen atoms in total. The molecule has 3 rings (SSSR count).